The SMILES string of the molecule is COc1cc(Br)cc(Br)c1OCC(N)=O. The van der Waals surface area contributed by atoms with Gasteiger partial charge < -0.3 is 15.2 Å². The fraction of sp³-hybridized carbons (Fsp3) is 0.222. The van der Waals surface area contributed by atoms with E-state index in [4.69, 9.17) is 15.2 Å². The minimum Gasteiger partial charge on any atom is -0.493 e. The molecule has 0 aliphatic heterocycles. The number of benzene rings is 1. The third-order valence-corrected chi connectivity index (χ3v) is 2.60. The number of hydrogen-bond donors (Lipinski definition) is 1. The Hall–Kier alpha value is -0.750. The van der Waals surface area contributed by atoms with Gasteiger partial charge in [-0.25, -0.2) is 0 Å². The van der Waals surface area contributed by atoms with Crippen molar-refractivity contribution in [2.24, 2.45) is 5.73 Å². The van der Waals surface area contributed by atoms with Crippen molar-refractivity contribution in [1.82, 2.24) is 0 Å². The van der Waals surface area contributed by atoms with E-state index in [2.05, 4.69) is 31.9 Å². The number of rotatable bonds is 4. The quantitative estimate of drug-likeness (QED) is 0.914. The van der Waals surface area contributed by atoms with Crippen molar-refractivity contribution in [3.8, 4) is 11.5 Å². The number of ether oxygens (including phenoxy) is 2. The number of hydrogen-bond acceptors (Lipinski definition) is 3. The zero-order valence-electron chi connectivity index (χ0n) is 7.92. The Balaban J connectivity index is 2.98. The predicted molar refractivity (Wildman–Crippen MR) is 63.1 cm³/mol. The van der Waals surface area contributed by atoms with Gasteiger partial charge in [-0.05, 0) is 28.1 Å². The molecule has 0 unspecified atom stereocenters. The highest BCUT2D eigenvalue weighted by atomic mass is 79.9. The van der Waals surface area contributed by atoms with Crippen LogP contribution in [-0.2, 0) is 4.79 Å². The van der Waals surface area contributed by atoms with Gasteiger partial charge in [0.15, 0.2) is 18.1 Å². The van der Waals surface area contributed by atoms with E-state index in [1.54, 1.807) is 12.1 Å². The van der Waals surface area contributed by atoms with Crippen LogP contribution < -0.4 is 15.2 Å². The fourth-order valence-electron chi connectivity index (χ4n) is 0.972. The van der Waals surface area contributed by atoms with E-state index in [1.807, 2.05) is 0 Å². The average Bonchev–Trinajstić information content (AvgIpc) is 2.14. The van der Waals surface area contributed by atoms with E-state index in [1.165, 1.54) is 7.11 Å². The number of methoxy groups -OCH3 is 1. The number of nitrogens with two attached hydrogens (primary N) is 1. The second-order valence-electron chi connectivity index (χ2n) is 2.67. The summed E-state index contributed by atoms with van der Waals surface area (Å²) in [7, 11) is 1.52. The molecule has 82 valence electrons. The smallest absolute Gasteiger partial charge is 0.255 e. The van der Waals surface area contributed by atoms with Gasteiger partial charge >= 0.3 is 0 Å². The monoisotopic (exact) mass is 337 g/mol. The van der Waals surface area contributed by atoms with Crippen molar-refractivity contribution in [2.45, 2.75) is 0 Å². The first-order chi connectivity index (χ1) is 7.04. The van der Waals surface area contributed by atoms with Crippen LogP contribution >= 0.6 is 31.9 Å². The zero-order chi connectivity index (χ0) is 11.4. The van der Waals surface area contributed by atoms with Crippen LogP contribution in [0.2, 0.25) is 0 Å². The van der Waals surface area contributed by atoms with Crippen LogP contribution in [0.3, 0.4) is 0 Å². The molecule has 0 atom stereocenters. The van der Waals surface area contributed by atoms with Crippen LogP contribution in [0.5, 0.6) is 11.5 Å². The molecule has 0 spiro atoms. The van der Waals surface area contributed by atoms with E-state index in [9.17, 15) is 4.79 Å². The third-order valence-electron chi connectivity index (χ3n) is 1.55. The summed E-state index contributed by atoms with van der Waals surface area (Å²) < 4.78 is 11.8. The summed E-state index contributed by atoms with van der Waals surface area (Å²) in [6.07, 6.45) is 0. The highest BCUT2D eigenvalue weighted by Gasteiger charge is 2.11. The Labute approximate surface area is 104 Å². The molecular weight excluding hydrogens is 330 g/mol. The summed E-state index contributed by atoms with van der Waals surface area (Å²) in [4.78, 5) is 10.6. The summed E-state index contributed by atoms with van der Waals surface area (Å²) in [6.45, 7) is -0.184. The van der Waals surface area contributed by atoms with Crippen molar-refractivity contribution in [1.29, 1.82) is 0 Å². The van der Waals surface area contributed by atoms with E-state index < -0.39 is 5.91 Å². The van der Waals surface area contributed by atoms with Gasteiger partial charge in [0.1, 0.15) is 0 Å². The first-order valence-electron chi connectivity index (χ1n) is 3.98. The topological polar surface area (TPSA) is 61.6 Å². The van der Waals surface area contributed by atoms with Crippen LogP contribution in [0.25, 0.3) is 0 Å². The Kier molecular flexibility index (Phi) is 4.41. The molecule has 0 heterocycles. The summed E-state index contributed by atoms with van der Waals surface area (Å²) in [6, 6.07) is 3.53. The maximum atomic E-state index is 10.6. The lowest BCUT2D eigenvalue weighted by atomic mass is 10.3. The van der Waals surface area contributed by atoms with Crippen LogP contribution in [0.1, 0.15) is 0 Å². The van der Waals surface area contributed by atoms with Crippen molar-refractivity contribution >= 4 is 37.8 Å². The molecule has 0 saturated carbocycles. The molecule has 0 fully saturated rings. The molecule has 0 bridgehead atoms. The largest absolute Gasteiger partial charge is 0.493 e. The van der Waals surface area contributed by atoms with Gasteiger partial charge in [-0.2, -0.15) is 0 Å². The lowest BCUT2D eigenvalue weighted by Gasteiger charge is -2.11. The van der Waals surface area contributed by atoms with Crippen molar-refractivity contribution in [3.63, 3.8) is 0 Å². The molecule has 1 aromatic carbocycles. The van der Waals surface area contributed by atoms with Gasteiger partial charge in [0, 0.05) is 4.47 Å². The standard InChI is InChI=1S/C9H9Br2NO3/c1-14-7-3-5(10)2-6(11)9(7)15-4-8(12)13/h2-3H,4H2,1H3,(H2,12,13). The zero-order valence-corrected chi connectivity index (χ0v) is 11.1. The molecule has 0 aliphatic carbocycles. The van der Waals surface area contributed by atoms with E-state index in [0.29, 0.717) is 16.0 Å². The second-order valence-corrected chi connectivity index (χ2v) is 4.44. The summed E-state index contributed by atoms with van der Waals surface area (Å²) in [5.74, 6) is 0.448. The van der Waals surface area contributed by atoms with Gasteiger partial charge in [0.2, 0.25) is 0 Å². The average molecular weight is 339 g/mol. The van der Waals surface area contributed by atoms with E-state index >= 15 is 0 Å². The van der Waals surface area contributed by atoms with Crippen molar-refractivity contribution < 1.29 is 14.3 Å². The second kappa shape index (κ2) is 5.37. The van der Waals surface area contributed by atoms with E-state index in [-0.39, 0.29) is 6.61 Å². The minimum atomic E-state index is -0.535. The Morgan fingerprint density at radius 3 is 2.67 bits per heavy atom. The van der Waals surface area contributed by atoms with Gasteiger partial charge in [-0.3, -0.25) is 4.79 Å². The predicted octanol–water partition coefficient (Wildman–Crippen LogP) is 2.08. The van der Waals surface area contributed by atoms with Crippen molar-refractivity contribution in [3.05, 3.63) is 21.1 Å². The molecule has 0 aliphatic rings. The molecule has 0 radical (unpaired) electrons. The Bertz CT molecular complexity index is 382. The lowest BCUT2D eigenvalue weighted by Crippen LogP contribution is -2.20. The molecule has 6 heteroatoms. The van der Waals surface area contributed by atoms with Crippen molar-refractivity contribution in [2.75, 3.05) is 13.7 Å². The Morgan fingerprint density at radius 1 is 1.47 bits per heavy atom. The maximum absolute atomic E-state index is 10.6. The molecule has 0 aromatic heterocycles. The molecule has 1 aromatic rings. The molecule has 15 heavy (non-hydrogen) atoms. The molecule has 1 rings (SSSR count). The maximum Gasteiger partial charge on any atom is 0.255 e. The van der Waals surface area contributed by atoms with Gasteiger partial charge in [0.05, 0.1) is 11.6 Å². The summed E-state index contributed by atoms with van der Waals surface area (Å²) in [5, 5.41) is 0. The van der Waals surface area contributed by atoms with Crippen LogP contribution in [0.4, 0.5) is 0 Å². The normalized spacial score (nSPS) is 9.80. The first kappa shape index (κ1) is 12.3. The number of carbonyl (C=O) groups is 1. The molecule has 4 nitrogen and oxygen atoms in total. The minimum absolute atomic E-state index is 0.184. The summed E-state index contributed by atoms with van der Waals surface area (Å²) >= 11 is 6.61. The van der Waals surface area contributed by atoms with Gasteiger partial charge in [-0.15, -0.1) is 0 Å². The molecule has 2 N–H and O–H groups in total. The first-order valence-corrected chi connectivity index (χ1v) is 5.57. The van der Waals surface area contributed by atoms with E-state index in [0.717, 1.165) is 4.47 Å². The molecule has 1 amide bonds. The van der Waals surface area contributed by atoms with Gasteiger partial charge in [0.25, 0.3) is 5.91 Å². The number of primary amides is 1. The number of amides is 1. The highest BCUT2D eigenvalue weighted by Crippen LogP contribution is 2.38. The fourth-order valence-corrected chi connectivity index (χ4v) is 2.27. The van der Waals surface area contributed by atoms with Crippen LogP contribution in [0, 0.1) is 0 Å². The van der Waals surface area contributed by atoms with Gasteiger partial charge in [-0.1, -0.05) is 15.9 Å². The van der Waals surface area contributed by atoms with Crippen LogP contribution in [0.15, 0.2) is 21.1 Å². The molecule has 0 saturated heterocycles. The molecular formula is C9H9Br2NO3. The highest BCUT2D eigenvalue weighted by molar-refractivity contribution is 9.11. The number of carbonyl (C=O) groups excluding carboxylic acids is 1. The summed E-state index contributed by atoms with van der Waals surface area (Å²) in [5.41, 5.74) is 4.98. The number of halogens is 2. The Morgan fingerprint density at radius 2 is 2.13 bits per heavy atom. The third kappa shape index (κ3) is 3.39. The lowest BCUT2D eigenvalue weighted by molar-refractivity contribution is -0.119. The van der Waals surface area contributed by atoms with Crippen LogP contribution in [-0.4, -0.2) is 19.6 Å².